The summed E-state index contributed by atoms with van der Waals surface area (Å²) in [5.41, 5.74) is 0.00434. The van der Waals surface area contributed by atoms with Crippen molar-refractivity contribution in [3.63, 3.8) is 0 Å². The minimum absolute atomic E-state index is 0.0493. The van der Waals surface area contributed by atoms with Crippen LogP contribution in [-0.4, -0.2) is 38.4 Å². The van der Waals surface area contributed by atoms with Gasteiger partial charge in [0, 0.05) is 0 Å². The molecular weight excluding hydrogens is 307 g/mol. The summed E-state index contributed by atoms with van der Waals surface area (Å²) in [7, 11) is 0. The average molecular weight is 326 g/mol. The van der Waals surface area contributed by atoms with Gasteiger partial charge in [0.25, 0.3) is 0 Å². The predicted molar refractivity (Wildman–Crippen MR) is 71.3 cm³/mol. The van der Waals surface area contributed by atoms with Crippen LogP contribution in [0.3, 0.4) is 0 Å². The summed E-state index contributed by atoms with van der Waals surface area (Å²) in [5.74, 6) is 5.64. The normalized spacial score (nSPS) is 13.1. The van der Waals surface area contributed by atoms with Crippen molar-refractivity contribution in [3.05, 3.63) is 9.70 Å². The fraction of sp³-hybridized carbons (Fsp3) is 0.615. The van der Waals surface area contributed by atoms with Gasteiger partial charge < -0.3 is 0 Å². The fourth-order valence-corrected chi connectivity index (χ4v) is 3.38. The summed E-state index contributed by atoms with van der Waals surface area (Å²) in [6, 6.07) is 0. The standard InChI is InChI=1S/C13H20OTe.Li/c1-12(2,3)8-7-10(14)9-11(15)13(4,5)6;/h9,15H,1-6H3;/q;+1/p-1/b11-9-;. The second kappa shape index (κ2) is 6.33. The van der Waals surface area contributed by atoms with E-state index in [4.69, 9.17) is 0 Å². The third-order valence-electron chi connectivity index (χ3n) is 1.78. The topological polar surface area (TPSA) is 17.1 Å². The molecule has 0 aliphatic heterocycles. The Labute approximate surface area is 116 Å². The first-order chi connectivity index (χ1) is 7.06. The monoisotopic (exact) mass is 328 g/mol. The minimum atomic E-state index is -0.221. The molecule has 0 rings (SSSR count). The quantitative estimate of drug-likeness (QED) is 0.329. The molecule has 0 spiro atoms. The number of carbonyl (C=O) groups excluding carboxylic acids is 1. The van der Waals surface area contributed by atoms with E-state index in [0.29, 0.717) is 0 Å². The molecule has 0 unspecified atom stereocenters. The zero-order valence-corrected chi connectivity index (χ0v) is 13.7. The van der Waals surface area contributed by atoms with Crippen molar-refractivity contribution in [2.45, 2.75) is 41.5 Å². The Bertz CT molecular complexity index is 345. The van der Waals surface area contributed by atoms with E-state index in [1.807, 2.05) is 20.8 Å². The first kappa shape index (κ1) is 16.4. The van der Waals surface area contributed by atoms with Gasteiger partial charge >= 0.3 is 117 Å². The van der Waals surface area contributed by atoms with E-state index >= 15 is 0 Å². The van der Waals surface area contributed by atoms with Crippen LogP contribution in [0.4, 0.5) is 0 Å². The van der Waals surface area contributed by atoms with Crippen LogP contribution in [0.25, 0.3) is 0 Å². The molecule has 0 aromatic heterocycles. The molecule has 0 bridgehead atoms. The molecule has 84 valence electrons. The van der Waals surface area contributed by atoms with Gasteiger partial charge in [0.2, 0.25) is 0 Å². The van der Waals surface area contributed by atoms with Gasteiger partial charge in [-0.3, -0.25) is 0 Å². The van der Waals surface area contributed by atoms with E-state index < -0.39 is 0 Å². The number of hydrogen-bond donors (Lipinski definition) is 0. The van der Waals surface area contributed by atoms with Crippen molar-refractivity contribution in [1.82, 2.24) is 0 Å². The van der Waals surface area contributed by atoms with Crippen molar-refractivity contribution in [1.29, 1.82) is 0 Å². The third kappa shape index (κ3) is 7.60. The van der Waals surface area contributed by atoms with Gasteiger partial charge in [-0.1, -0.05) is 0 Å². The molecule has 0 fully saturated rings. The van der Waals surface area contributed by atoms with E-state index in [2.05, 4.69) is 46.9 Å². The second-order valence-corrected chi connectivity index (χ2v) is 8.25. The van der Waals surface area contributed by atoms with Gasteiger partial charge in [-0.05, 0) is 0 Å². The summed E-state index contributed by atoms with van der Waals surface area (Å²) < 4.78 is 1.28. The van der Waals surface area contributed by atoms with E-state index in [1.54, 1.807) is 6.08 Å². The van der Waals surface area contributed by atoms with Crippen molar-refractivity contribution in [2.24, 2.45) is 10.8 Å². The first-order valence-electron chi connectivity index (χ1n) is 5.39. The molecule has 0 aliphatic rings. The Morgan fingerprint density at radius 3 is 2.00 bits per heavy atom. The molecule has 0 aliphatic carbocycles. The third-order valence-corrected chi connectivity index (χ3v) is 5.12. The molecule has 0 saturated heterocycles. The summed E-state index contributed by atoms with van der Waals surface area (Å²) in [6.45, 7) is 12.5. The van der Waals surface area contributed by atoms with E-state index in [0.717, 1.165) is 0 Å². The second-order valence-electron chi connectivity index (χ2n) is 5.83. The molecule has 3 heteroatoms. The number of hydrogen-bond acceptors (Lipinski definition) is 1. The van der Waals surface area contributed by atoms with Gasteiger partial charge in [-0.15, -0.1) is 0 Å². The van der Waals surface area contributed by atoms with Crippen molar-refractivity contribution in [3.8, 4) is 11.8 Å². The molecule has 0 aromatic carbocycles. The summed E-state index contributed by atoms with van der Waals surface area (Å²) >= 11 is 1.98. The number of ketones is 1. The van der Waals surface area contributed by atoms with Crippen LogP contribution in [0, 0.1) is 22.7 Å². The van der Waals surface area contributed by atoms with Crippen molar-refractivity contribution >= 4 is 38.4 Å². The van der Waals surface area contributed by atoms with Crippen molar-refractivity contribution in [2.75, 3.05) is 0 Å². The van der Waals surface area contributed by atoms with Crippen LogP contribution in [0.15, 0.2) is 9.70 Å². The SMILES string of the molecule is [Li][Te]/C(=C\C(=O)C#CC(C)(C)C)C(C)(C)C. The van der Waals surface area contributed by atoms with E-state index in [-0.39, 0.29) is 34.9 Å². The van der Waals surface area contributed by atoms with Crippen molar-refractivity contribution < 1.29 is 4.79 Å². The molecular formula is C13H19LiOTe. The van der Waals surface area contributed by atoms with Gasteiger partial charge in [-0.25, -0.2) is 0 Å². The number of rotatable bonds is 2. The zero-order valence-electron chi connectivity index (χ0n) is 11.4. The molecule has 0 saturated carbocycles. The maximum absolute atomic E-state index is 11.7. The van der Waals surface area contributed by atoms with E-state index in [9.17, 15) is 4.79 Å². The Balaban J connectivity index is 4.88. The molecule has 1 nitrogen and oxygen atoms in total. The van der Waals surface area contributed by atoms with Gasteiger partial charge in [0.15, 0.2) is 0 Å². The number of allylic oxidation sites excluding steroid dienone is 2. The molecule has 16 heavy (non-hydrogen) atoms. The fourth-order valence-electron chi connectivity index (χ4n) is 0.986. The molecule has 0 atom stereocenters. The average Bonchev–Trinajstić information content (AvgIpc) is 2.07. The van der Waals surface area contributed by atoms with Crippen LogP contribution < -0.4 is 0 Å². The zero-order chi connectivity index (χ0) is 13.0. The van der Waals surface area contributed by atoms with Crippen LogP contribution >= 0.6 is 0 Å². The van der Waals surface area contributed by atoms with E-state index in [1.165, 1.54) is 3.62 Å². The number of carbonyl (C=O) groups is 1. The molecule has 0 amide bonds. The molecule has 0 N–H and O–H groups in total. The summed E-state index contributed by atoms with van der Waals surface area (Å²) in [4.78, 5) is 11.7. The van der Waals surface area contributed by atoms with Crippen LogP contribution in [0.2, 0.25) is 0 Å². The Morgan fingerprint density at radius 1 is 1.19 bits per heavy atom. The van der Waals surface area contributed by atoms with Crippen LogP contribution in [0.1, 0.15) is 41.5 Å². The first-order valence-corrected chi connectivity index (χ1v) is 8.89. The molecule has 0 aromatic rings. The Kier molecular flexibility index (Phi) is 6.47. The maximum atomic E-state index is 11.7. The van der Waals surface area contributed by atoms with Crippen LogP contribution in [0.5, 0.6) is 0 Å². The Hall–Kier alpha value is 0.357. The summed E-state index contributed by atoms with van der Waals surface area (Å²) in [5, 5.41) is 0. The Morgan fingerprint density at radius 2 is 1.69 bits per heavy atom. The molecule has 0 heterocycles. The predicted octanol–water partition coefficient (Wildman–Crippen LogP) is 2.32. The van der Waals surface area contributed by atoms with Gasteiger partial charge in [0.1, 0.15) is 0 Å². The van der Waals surface area contributed by atoms with Gasteiger partial charge in [0.05, 0.1) is 0 Å². The molecule has 0 radical (unpaired) electrons. The summed E-state index contributed by atoms with van der Waals surface area (Å²) in [6.07, 6.45) is 1.75. The van der Waals surface area contributed by atoms with Gasteiger partial charge in [-0.2, -0.15) is 0 Å². The van der Waals surface area contributed by atoms with Crippen LogP contribution in [-0.2, 0) is 4.79 Å².